The Morgan fingerprint density at radius 3 is 2.50 bits per heavy atom. The van der Waals surface area contributed by atoms with E-state index >= 15 is 0 Å². The van der Waals surface area contributed by atoms with Crippen LogP contribution < -0.4 is 10.0 Å². The van der Waals surface area contributed by atoms with Gasteiger partial charge >= 0.3 is 11.9 Å². The smallest absolute Gasteiger partial charge is 0.337 e. The molecule has 1 aromatic carbocycles. The first-order valence-electron chi connectivity index (χ1n) is 5.35. The number of carbonyl (C=O) groups excluding carboxylic acids is 1. The fourth-order valence-electron chi connectivity index (χ4n) is 1.45. The van der Waals surface area contributed by atoms with E-state index in [1.54, 1.807) is 0 Å². The highest BCUT2D eigenvalue weighted by Gasteiger charge is 2.26. The first-order chi connectivity index (χ1) is 9.19. The summed E-state index contributed by atoms with van der Waals surface area (Å²) in [6, 6.07) is 3.77. The summed E-state index contributed by atoms with van der Waals surface area (Å²) in [7, 11) is -1.83. The summed E-state index contributed by atoms with van der Waals surface area (Å²) >= 11 is 0. The molecule has 0 aromatic heterocycles. The number of hydrogen-bond donors (Lipinski definition) is 2. The molecule has 0 atom stereocenters. The summed E-state index contributed by atoms with van der Waals surface area (Å²) in [5.41, 5.74) is 5.29. The van der Waals surface area contributed by atoms with Crippen molar-refractivity contribution in [3.8, 4) is 0 Å². The van der Waals surface area contributed by atoms with Crippen molar-refractivity contribution in [2.75, 3.05) is 29.9 Å². The van der Waals surface area contributed by atoms with Gasteiger partial charge in [-0.2, -0.15) is 0 Å². The Balaban J connectivity index is 3.24. The van der Waals surface area contributed by atoms with Crippen LogP contribution in [0.3, 0.4) is 0 Å². The third-order valence-electron chi connectivity index (χ3n) is 2.54. The van der Waals surface area contributed by atoms with E-state index in [0.717, 1.165) is 20.2 Å². The zero-order valence-electron chi connectivity index (χ0n) is 10.9. The van der Waals surface area contributed by atoms with E-state index in [0.29, 0.717) is 4.31 Å². The van der Waals surface area contributed by atoms with E-state index in [1.165, 1.54) is 12.1 Å². The Kier molecular flexibility index (Phi) is 4.56. The lowest BCUT2D eigenvalue weighted by Crippen LogP contribution is -2.33. The molecule has 0 saturated carbocycles. The lowest BCUT2D eigenvalue weighted by atomic mass is 10.1. The molecule has 0 radical (unpaired) electrons. The van der Waals surface area contributed by atoms with E-state index in [-0.39, 0.29) is 16.9 Å². The fraction of sp³-hybridized carbons (Fsp3) is 0.273. The van der Waals surface area contributed by atoms with Crippen molar-refractivity contribution in [3.05, 3.63) is 23.8 Å². The van der Waals surface area contributed by atoms with Crippen LogP contribution in [0.4, 0.5) is 11.4 Å². The van der Waals surface area contributed by atoms with Crippen LogP contribution in [-0.2, 0) is 19.6 Å². The minimum absolute atomic E-state index is 0.0874. The quantitative estimate of drug-likeness (QED) is 0.574. The molecular formula is C11H14N2O6S. The second-order valence-corrected chi connectivity index (χ2v) is 5.88. The molecule has 1 aromatic rings. The van der Waals surface area contributed by atoms with Gasteiger partial charge in [0.25, 0.3) is 0 Å². The lowest BCUT2D eigenvalue weighted by molar-refractivity contribution is -0.137. The lowest BCUT2D eigenvalue weighted by Gasteiger charge is -2.20. The van der Waals surface area contributed by atoms with E-state index in [9.17, 15) is 18.0 Å². The minimum Gasteiger partial charge on any atom is -0.478 e. The molecule has 8 nitrogen and oxygen atoms in total. The van der Waals surface area contributed by atoms with Crippen LogP contribution in [0.2, 0.25) is 0 Å². The van der Waals surface area contributed by atoms with E-state index < -0.39 is 27.7 Å². The summed E-state index contributed by atoms with van der Waals surface area (Å²) in [4.78, 5) is 22.2. The van der Waals surface area contributed by atoms with Gasteiger partial charge in [0.15, 0.2) is 5.75 Å². The number of sulfonamides is 1. The summed E-state index contributed by atoms with van der Waals surface area (Å²) < 4.78 is 28.9. The molecule has 0 heterocycles. The van der Waals surface area contributed by atoms with Crippen molar-refractivity contribution in [2.24, 2.45) is 0 Å². The van der Waals surface area contributed by atoms with E-state index in [4.69, 9.17) is 10.8 Å². The van der Waals surface area contributed by atoms with Gasteiger partial charge in [0.1, 0.15) is 0 Å². The van der Waals surface area contributed by atoms with Crippen molar-refractivity contribution in [3.63, 3.8) is 0 Å². The van der Waals surface area contributed by atoms with Gasteiger partial charge in [-0.3, -0.25) is 9.10 Å². The van der Waals surface area contributed by atoms with Gasteiger partial charge in [-0.15, -0.1) is 0 Å². The molecule has 0 fully saturated rings. The number of carbonyl (C=O) groups is 2. The standard InChI is InChI=1S/C11H14N2O6S/c1-13(20(17,18)6-10(14)19-2)9-4-3-7(12)5-8(9)11(15)16/h3-5H,6,12H2,1-2H3,(H,15,16). The SMILES string of the molecule is COC(=O)CS(=O)(=O)N(C)c1ccc(N)cc1C(=O)O. The number of carboxylic acids is 1. The molecule has 1 rings (SSSR count). The number of methoxy groups -OCH3 is 1. The van der Waals surface area contributed by atoms with E-state index in [1.807, 2.05) is 0 Å². The number of benzene rings is 1. The first kappa shape index (κ1) is 15.8. The van der Waals surface area contributed by atoms with Crippen LogP contribution in [0.15, 0.2) is 18.2 Å². The Bertz CT molecular complexity index is 640. The highest BCUT2D eigenvalue weighted by Crippen LogP contribution is 2.24. The number of nitrogen functional groups attached to an aromatic ring is 1. The Morgan fingerprint density at radius 2 is 2.00 bits per heavy atom. The molecule has 0 saturated heterocycles. The van der Waals surface area contributed by atoms with Crippen molar-refractivity contribution in [1.29, 1.82) is 0 Å². The van der Waals surface area contributed by atoms with Crippen molar-refractivity contribution < 1.29 is 27.9 Å². The molecule has 9 heteroatoms. The molecule has 110 valence electrons. The third kappa shape index (κ3) is 3.38. The molecule has 20 heavy (non-hydrogen) atoms. The van der Waals surface area contributed by atoms with Gasteiger partial charge in [-0.05, 0) is 18.2 Å². The van der Waals surface area contributed by atoms with Crippen LogP contribution in [0, 0.1) is 0 Å². The van der Waals surface area contributed by atoms with E-state index in [2.05, 4.69) is 4.74 Å². The van der Waals surface area contributed by atoms with Crippen LogP contribution in [0.25, 0.3) is 0 Å². The first-order valence-corrected chi connectivity index (χ1v) is 6.96. The summed E-state index contributed by atoms with van der Waals surface area (Å²) in [5.74, 6) is -3.15. The molecule has 0 spiro atoms. The predicted molar refractivity (Wildman–Crippen MR) is 72.0 cm³/mol. The number of carboxylic acid groups (broad SMARTS) is 1. The van der Waals surface area contributed by atoms with Gasteiger partial charge in [-0.1, -0.05) is 0 Å². The molecule has 0 bridgehead atoms. The Labute approximate surface area is 115 Å². The summed E-state index contributed by atoms with van der Waals surface area (Å²) in [6.07, 6.45) is 0. The van der Waals surface area contributed by atoms with Crippen LogP contribution in [-0.4, -0.2) is 45.4 Å². The number of anilines is 2. The molecule has 3 N–H and O–H groups in total. The molecular weight excluding hydrogens is 288 g/mol. The highest BCUT2D eigenvalue weighted by molar-refractivity contribution is 7.93. The van der Waals surface area contributed by atoms with Gasteiger partial charge in [-0.25, -0.2) is 13.2 Å². The van der Waals surface area contributed by atoms with Crippen LogP contribution in [0.1, 0.15) is 10.4 Å². The highest BCUT2D eigenvalue weighted by atomic mass is 32.2. The zero-order chi connectivity index (χ0) is 15.5. The van der Waals surface area contributed by atoms with Crippen molar-refractivity contribution >= 4 is 33.3 Å². The number of esters is 1. The molecule has 0 aliphatic heterocycles. The molecule has 0 amide bonds. The maximum Gasteiger partial charge on any atom is 0.337 e. The number of nitrogens with zero attached hydrogens (tertiary/aromatic N) is 1. The minimum atomic E-state index is -4.04. The average Bonchev–Trinajstić information content (AvgIpc) is 2.37. The number of aromatic carboxylic acids is 1. The predicted octanol–water partition coefficient (Wildman–Crippen LogP) is -0.0940. The van der Waals surface area contributed by atoms with Crippen LogP contribution >= 0.6 is 0 Å². The van der Waals surface area contributed by atoms with Crippen LogP contribution in [0.5, 0.6) is 0 Å². The number of nitrogens with two attached hydrogens (primary N) is 1. The largest absolute Gasteiger partial charge is 0.478 e. The number of ether oxygens (including phenoxy) is 1. The molecule has 0 aliphatic carbocycles. The third-order valence-corrected chi connectivity index (χ3v) is 4.17. The molecule has 0 aliphatic rings. The second kappa shape index (κ2) is 5.78. The zero-order valence-corrected chi connectivity index (χ0v) is 11.7. The second-order valence-electron chi connectivity index (χ2n) is 3.88. The summed E-state index contributed by atoms with van der Waals surface area (Å²) in [5, 5.41) is 9.06. The fourth-order valence-corrected chi connectivity index (χ4v) is 2.52. The monoisotopic (exact) mass is 302 g/mol. The number of hydrogen-bond acceptors (Lipinski definition) is 6. The van der Waals surface area contributed by atoms with Crippen molar-refractivity contribution in [2.45, 2.75) is 0 Å². The van der Waals surface area contributed by atoms with Gasteiger partial charge in [0, 0.05) is 12.7 Å². The summed E-state index contributed by atoms with van der Waals surface area (Å²) in [6.45, 7) is 0. The molecule has 0 unspecified atom stereocenters. The van der Waals surface area contributed by atoms with Crippen molar-refractivity contribution in [1.82, 2.24) is 0 Å². The van der Waals surface area contributed by atoms with Gasteiger partial charge < -0.3 is 15.6 Å². The average molecular weight is 302 g/mol. The maximum atomic E-state index is 12.0. The normalized spacial score (nSPS) is 10.9. The topological polar surface area (TPSA) is 127 Å². The Hall–Kier alpha value is -2.29. The van der Waals surface area contributed by atoms with Gasteiger partial charge in [0.2, 0.25) is 10.0 Å². The Morgan fingerprint density at radius 1 is 1.40 bits per heavy atom. The number of rotatable bonds is 5. The van der Waals surface area contributed by atoms with Gasteiger partial charge in [0.05, 0.1) is 18.4 Å². The maximum absolute atomic E-state index is 12.0.